The average Bonchev–Trinajstić information content (AvgIpc) is 2.80. The van der Waals surface area contributed by atoms with Crippen LogP contribution in [-0.4, -0.2) is 58.1 Å². The smallest absolute Gasteiger partial charge is 0.379 e. The number of hydrogen-bond acceptors (Lipinski definition) is 6. The Morgan fingerprint density at radius 2 is 1.39 bits per heavy atom. The quantitative estimate of drug-likeness (QED) is 0.0994. The van der Waals surface area contributed by atoms with Gasteiger partial charge in [0, 0.05) is 33.1 Å². The standard InChI is InChI=1S/C25H50NO6P/c1-4-5-6-7-8-9-10-11-12-13-14-15-16-17-18-19-21-30-23-25(29-3)24-32-33(27,28)31-22-20-26-2/h25-26H,4-10,13-24H2,1-3H3,(H,27,28). The third-order valence-corrected chi connectivity index (χ3v) is 6.27. The molecule has 0 aliphatic heterocycles. The van der Waals surface area contributed by atoms with Crippen LogP contribution in [0.2, 0.25) is 0 Å². The highest BCUT2D eigenvalue weighted by atomic mass is 31.2. The van der Waals surface area contributed by atoms with Crippen LogP contribution in [0.3, 0.4) is 0 Å². The van der Waals surface area contributed by atoms with Crippen molar-refractivity contribution in [3.05, 3.63) is 0 Å². The van der Waals surface area contributed by atoms with E-state index in [2.05, 4.69) is 24.1 Å². The molecule has 0 aliphatic rings. The first kappa shape index (κ1) is 32.5. The number of phosphoric ester groups is 1. The summed E-state index contributed by atoms with van der Waals surface area (Å²) in [6.07, 6.45) is 16.7. The van der Waals surface area contributed by atoms with Gasteiger partial charge >= 0.3 is 7.82 Å². The lowest BCUT2D eigenvalue weighted by Crippen LogP contribution is -2.24. The summed E-state index contributed by atoms with van der Waals surface area (Å²) in [6.45, 7) is 3.75. The largest absolute Gasteiger partial charge is 0.472 e. The van der Waals surface area contributed by atoms with Gasteiger partial charge in [0.05, 0.1) is 19.8 Å². The van der Waals surface area contributed by atoms with Crippen molar-refractivity contribution in [2.75, 3.05) is 47.1 Å². The van der Waals surface area contributed by atoms with Crippen molar-refractivity contribution in [2.45, 2.75) is 103 Å². The molecule has 0 saturated heterocycles. The molecule has 0 amide bonds. The molecule has 0 heterocycles. The number of methoxy groups -OCH3 is 1. The summed E-state index contributed by atoms with van der Waals surface area (Å²) in [5.74, 6) is 6.64. The fourth-order valence-corrected chi connectivity index (χ4v) is 3.92. The molecule has 2 atom stereocenters. The molecule has 0 aliphatic carbocycles. The lowest BCUT2D eigenvalue weighted by atomic mass is 10.1. The van der Waals surface area contributed by atoms with Crippen molar-refractivity contribution < 1.29 is 28.0 Å². The van der Waals surface area contributed by atoms with E-state index in [9.17, 15) is 9.46 Å². The molecule has 2 N–H and O–H groups in total. The fraction of sp³-hybridized carbons (Fsp3) is 0.920. The molecule has 196 valence electrons. The van der Waals surface area contributed by atoms with Crippen LogP contribution in [-0.2, 0) is 23.1 Å². The molecular formula is C25H50NO6P. The second-order valence-corrected chi connectivity index (χ2v) is 9.83. The zero-order chi connectivity index (χ0) is 24.5. The van der Waals surface area contributed by atoms with Crippen LogP contribution in [0.25, 0.3) is 0 Å². The molecule has 0 fully saturated rings. The maximum Gasteiger partial charge on any atom is 0.472 e. The van der Waals surface area contributed by atoms with Crippen molar-refractivity contribution in [1.29, 1.82) is 0 Å². The second-order valence-electron chi connectivity index (χ2n) is 8.38. The van der Waals surface area contributed by atoms with Crippen LogP contribution in [0.1, 0.15) is 96.8 Å². The summed E-state index contributed by atoms with van der Waals surface area (Å²) in [4.78, 5) is 9.59. The number of likely N-dealkylation sites (N-methyl/N-ethyl adjacent to an activating group) is 1. The summed E-state index contributed by atoms with van der Waals surface area (Å²) in [6, 6.07) is 0. The molecule has 0 aromatic heterocycles. The first-order chi connectivity index (χ1) is 16.1. The van der Waals surface area contributed by atoms with Gasteiger partial charge < -0.3 is 19.7 Å². The highest BCUT2D eigenvalue weighted by Gasteiger charge is 2.23. The van der Waals surface area contributed by atoms with Gasteiger partial charge in [0.2, 0.25) is 0 Å². The minimum absolute atomic E-state index is 0.0499. The van der Waals surface area contributed by atoms with E-state index in [1.807, 2.05) is 0 Å². The molecule has 0 saturated carbocycles. The molecule has 33 heavy (non-hydrogen) atoms. The summed E-state index contributed by atoms with van der Waals surface area (Å²) >= 11 is 0. The zero-order valence-electron chi connectivity index (χ0n) is 21.4. The molecule has 0 aromatic rings. The molecule has 0 aromatic carbocycles. The van der Waals surface area contributed by atoms with E-state index in [1.54, 1.807) is 7.05 Å². The average molecular weight is 492 g/mol. The number of phosphoric acid groups is 1. The Kier molecular flexibility index (Phi) is 24.3. The number of nitrogens with one attached hydrogen (secondary N) is 1. The number of rotatable bonds is 24. The second kappa shape index (κ2) is 24.7. The molecule has 0 rings (SSSR count). The molecule has 0 radical (unpaired) electrons. The Morgan fingerprint density at radius 1 is 0.818 bits per heavy atom. The lowest BCUT2D eigenvalue weighted by molar-refractivity contribution is -0.0220. The van der Waals surface area contributed by atoms with Crippen molar-refractivity contribution in [3.8, 4) is 11.8 Å². The summed E-state index contributed by atoms with van der Waals surface area (Å²) in [5.41, 5.74) is 0. The first-order valence-corrected chi connectivity index (χ1v) is 14.4. The Labute approximate surface area is 203 Å². The minimum atomic E-state index is -4.05. The van der Waals surface area contributed by atoms with Crippen LogP contribution in [0.5, 0.6) is 0 Å². The first-order valence-electron chi connectivity index (χ1n) is 12.9. The van der Waals surface area contributed by atoms with Gasteiger partial charge in [0.15, 0.2) is 0 Å². The molecule has 0 spiro atoms. The number of ether oxygens (including phenoxy) is 2. The van der Waals surface area contributed by atoms with E-state index in [1.165, 1.54) is 71.3 Å². The topological polar surface area (TPSA) is 86.3 Å². The van der Waals surface area contributed by atoms with E-state index in [4.69, 9.17) is 18.5 Å². The molecule has 8 heteroatoms. The van der Waals surface area contributed by atoms with Crippen LogP contribution >= 0.6 is 7.82 Å². The zero-order valence-corrected chi connectivity index (χ0v) is 22.3. The van der Waals surface area contributed by atoms with Gasteiger partial charge in [0.25, 0.3) is 0 Å². The Morgan fingerprint density at radius 3 is 1.97 bits per heavy atom. The maximum atomic E-state index is 11.7. The van der Waals surface area contributed by atoms with E-state index in [0.29, 0.717) is 19.8 Å². The van der Waals surface area contributed by atoms with Crippen molar-refractivity contribution in [3.63, 3.8) is 0 Å². The highest BCUT2D eigenvalue weighted by molar-refractivity contribution is 7.47. The van der Waals surface area contributed by atoms with E-state index in [-0.39, 0.29) is 13.2 Å². The molecule has 7 nitrogen and oxygen atoms in total. The van der Waals surface area contributed by atoms with Crippen LogP contribution in [0.4, 0.5) is 0 Å². The van der Waals surface area contributed by atoms with Gasteiger partial charge in [-0.05, 0) is 26.3 Å². The fourth-order valence-electron chi connectivity index (χ4n) is 3.17. The van der Waals surface area contributed by atoms with Crippen molar-refractivity contribution in [2.24, 2.45) is 0 Å². The Balaban J connectivity index is 3.48. The van der Waals surface area contributed by atoms with Crippen LogP contribution < -0.4 is 5.32 Å². The summed E-state index contributed by atoms with van der Waals surface area (Å²) in [5, 5.41) is 2.83. The highest BCUT2D eigenvalue weighted by Crippen LogP contribution is 2.43. The predicted molar refractivity (Wildman–Crippen MR) is 135 cm³/mol. The van der Waals surface area contributed by atoms with E-state index >= 15 is 0 Å². The van der Waals surface area contributed by atoms with Gasteiger partial charge in [-0.1, -0.05) is 64.7 Å². The van der Waals surface area contributed by atoms with Gasteiger partial charge in [-0.2, -0.15) is 0 Å². The lowest BCUT2D eigenvalue weighted by Gasteiger charge is -2.18. The third-order valence-electron chi connectivity index (χ3n) is 5.29. The SMILES string of the molecule is CCCCCCCCC#CCCCCCCCCOCC(COP(=O)(O)OCCNC)OC. The third kappa shape index (κ3) is 24.5. The maximum absolute atomic E-state index is 11.7. The molecular weight excluding hydrogens is 441 g/mol. The number of hydrogen-bond donors (Lipinski definition) is 2. The Bertz CT molecular complexity index is 523. The van der Waals surface area contributed by atoms with Gasteiger partial charge in [-0.25, -0.2) is 4.57 Å². The van der Waals surface area contributed by atoms with Crippen molar-refractivity contribution >= 4 is 7.82 Å². The molecule has 2 unspecified atom stereocenters. The minimum Gasteiger partial charge on any atom is -0.379 e. The van der Waals surface area contributed by atoms with Crippen LogP contribution in [0.15, 0.2) is 0 Å². The van der Waals surface area contributed by atoms with Gasteiger partial charge in [-0.15, -0.1) is 11.8 Å². The van der Waals surface area contributed by atoms with E-state index < -0.39 is 13.9 Å². The monoisotopic (exact) mass is 491 g/mol. The number of unbranched alkanes of at least 4 members (excludes halogenated alkanes) is 12. The van der Waals surface area contributed by atoms with Crippen LogP contribution in [0, 0.1) is 11.8 Å². The normalized spacial score (nSPS) is 13.9. The van der Waals surface area contributed by atoms with E-state index in [0.717, 1.165) is 25.7 Å². The van der Waals surface area contributed by atoms with Gasteiger partial charge in [0.1, 0.15) is 6.10 Å². The van der Waals surface area contributed by atoms with Crippen molar-refractivity contribution in [1.82, 2.24) is 5.32 Å². The summed E-state index contributed by atoms with van der Waals surface area (Å²) in [7, 11) is -0.788. The summed E-state index contributed by atoms with van der Waals surface area (Å²) < 4.78 is 32.4. The van der Waals surface area contributed by atoms with Gasteiger partial charge in [-0.3, -0.25) is 9.05 Å². The molecule has 0 bridgehead atoms. The predicted octanol–water partition coefficient (Wildman–Crippen LogP) is 5.86. The Hall–Kier alpha value is -0.450.